The van der Waals surface area contributed by atoms with E-state index in [1.807, 2.05) is 44.2 Å². The number of rotatable bonds is 8. The summed E-state index contributed by atoms with van der Waals surface area (Å²) in [6, 6.07) is 15.8. The van der Waals surface area contributed by atoms with Crippen molar-refractivity contribution in [2.75, 3.05) is 11.9 Å². The summed E-state index contributed by atoms with van der Waals surface area (Å²) >= 11 is 15.7. The molecule has 2 N–H and O–H groups in total. The molecule has 0 bridgehead atoms. The van der Waals surface area contributed by atoms with Gasteiger partial charge in [0.2, 0.25) is 0 Å². The van der Waals surface area contributed by atoms with Gasteiger partial charge in [0.25, 0.3) is 0 Å². The number of urea groups is 1. The Labute approximate surface area is 211 Å². The zero-order valence-electron chi connectivity index (χ0n) is 18.0. The molecule has 0 fully saturated rings. The Balaban J connectivity index is 1.69. The first-order valence-electron chi connectivity index (χ1n) is 10.1. The van der Waals surface area contributed by atoms with Crippen molar-refractivity contribution in [1.82, 2.24) is 5.43 Å². The summed E-state index contributed by atoms with van der Waals surface area (Å²) in [5, 5.41) is 7.87. The van der Waals surface area contributed by atoms with Gasteiger partial charge in [0.1, 0.15) is 6.61 Å². The van der Waals surface area contributed by atoms with Crippen molar-refractivity contribution in [3.05, 3.63) is 85.8 Å². The highest BCUT2D eigenvalue weighted by Gasteiger charge is 2.12. The molecule has 33 heavy (non-hydrogen) atoms. The van der Waals surface area contributed by atoms with Crippen molar-refractivity contribution in [2.45, 2.75) is 20.5 Å². The van der Waals surface area contributed by atoms with Gasteiger partial charge in [-0.3, -0.25) is 0 Å². The number of ether oxygens (including phenoxy) is 2. The highest BCUT2D eigenvalue weighted by molar-refractivity contribution is 9.10. The van der Waals surface area contributed by atoms with Crippen LogP contribution >= 0.6 is 39.1 Å². The first-order chi connectivity index (χ1) is 15.9. The quantitative estimate of drug-likeness (QED) is 0.230. The molecule has 6 nitrogen and oxygen atoms in total. The van der Waals surface area contributed by atoms with Crippen LogP contribution in [0.2, 0.25) is 10.0 Å². The lowest BCUT2D eigenvalue weighted by Gasteiger charge is -2.14. The average molecular weight is 551 g/mol. The van der Waals surface area contributed by atoms with Gasteiger partial charge in [-0.25, -0.2) is 10.2 Å². The van der Waals surface area contributed by atoms with Gasteiger partial charge in [-0.2, -0.15) is 5.10 Å². The molecule has 0 saturated heterocycles. The lowest BCUT2D eigenvalue weighted by molar-refractivity contribution is 0.252. The normalized spacial score (nSPS) is 10.8. The Morgan fingerprint density at radius 3 is 2.58 bits per heavy atom. The van der Waals surface area contributed by atoms with Gasteiger partial charge in [0.15, 0.2) is 11.5 Å². The fraction of sp³-hybridized carbons (Fsp3) is 0.167. The van der Waals surface area contributed by atoms with Crippen LogP contribution in [0.4, 0.5) is 10.5 Å². The van der Waals surface area contributed by atoms with Crippen LogP contribution in [0.15, 0.2) is 64.2 Å². The minimum Gasteiger partial charge on any atom is -0.490 e. The van der Waals surface area contributed by atoms with E-state index in [1.165, 1.54) is 6.21 Å². The van der Waals surface area contributed by atoms with Crippen LogP contribution in [0.1, 0.15) is 23.6 Å². The summed E-state index contributed by atoms with van der Waals surface area (Å²) in [4.78, 5) is 12.1. The van der Waals surface area contributed by atoms with E-state index in [9.17, 15) is 4.79 Å². The second-order valence-electron chi connectivity index (χ2n) is 6.92. The molecule has 0 spiro atoms. The fourth-order valence-corrected chi connectivity index (χ4v) is 3.74. The Hall–Kier alpha value is -2.74. The summed E-state index contributed by atoms with van der Waals surface area (Å²) < 4.78 is 12.4. The van der Waals surface area contributed by atoms with Gasteiger partial charge >= 0.3 is 6.03 Å². The number of hydrogen-bond acceptors (Lipinski definition) is 4. The van der Waals surface area contributed by atoms with Crippen molar-refractivity contribution in [1.29, 1.82) is 0 Å². The maximum atomic E-state index is 12.1. The summed E-state index contributed by atoms with van der Waals surface area (Å²) in [6.45, 7) is 4.49. The number of anilines is 1. The molecular weight excluding hydrogens is 529 g/mol. The maximum Gasteiger partial charge on any atom is 0.339 e. The maximum absolute atomic E-state index is 12.1. The minimum absolute atomic E-state index is 0.247. The van der Waals surface area contributed by atoms with Crippen molar-refractivity contribution in [3.63, 3.8) is 0 Å². The molecule has 0 aliphatic rings. The predicted octanol–water partition coefficient (Wildman–Crippen LogP) is 7.20. The summed E-state index contributed by atoms with van der Waals surface area (Å²) in [5.41, 5.74) is 5.63. The lowest BCUT2D eigenvalue weighted by atomic mass is 10.2. The van der Waals surface area contributed by atoms with E-state index in [-0.39, 0.29) is 6.61 Å². The zero-order valence-corrected chi connectivity index (χ0v) is 21.1. The first-order valence-corrected chi connectivity index (χ1v) is 11.6. The van der Waals surface area contributed by atoms with Crippen LogP contribution in [0.5, 0.6) is 11.5 Å². The van der Waals surface area contributed by atoms with Crippen LogP contribution in [-0.4, -0.2) is 18.9 Å². The molecule has 0 aromatic heterocycles. The van der Waals surface area contributed by atoms with Gasteiger partial charge in [0.05, 0.1) is 12.8 Å². The van der Waals surface area contributed by atoms with Gasteiger partial charge in [-0.1, -0.05) is 47.5 Å². The topological polar surface area (TPSA) is 72.0 Å². The smallest absolute Gasteiger partial charge is 0.339 e. The van der Waals surface area contributed by atoms with Gasteiger partial charge in [-0.15, -0.1) is 0 Å². The third-order valence-corrected chi connectivity index (χ3v) is 5.80. The fourth-order valence-electron chi connectivity index (χ4n) is 2.85. The van der Waals surface area contributed by atoms with E-state index < -0.39 is 6.03 Å². The molecule has 0 unspecified atom stereocenters. The molecule has 3 aromatic carbocycles. The summed E-state index contributed by atoms with van der Waals surface area (Å²) in [7, 11) is 0. The van der Waals surface area contributed by atoms with E-state index in [2.05, 4.69) is 31.8 Å². The van der Waals surface area contributed by atoms with Gasteiger partial charge in [0, 0.05) is 31.3 Å². The van der Waals surface area contributed by atoms with Crippen molar-refractivity contribution >= 4 is 57.1 Å². The summed E-state index contributed by atoms with van der Waals surface area (Å²) in [6.07, 6.45) is 1.52. The van der Waals surface area contributed by atoms with E-state index in [1.54, 1.807) is 24.3 Å². The monoisotopic (exact) mass is 549 g/mol. The third kappa shape index (κ3) is 7.12. The standard InChI is InChI=1S/C24H22BrCl2N3O3/c1-3-32-22-10-17(13-28-30-24(31)29-21-7-5-4-6-15(21)2)19(25)12-23(22)33-14-16-8-9-18(26)11-20(16)27/h4-13H,3,14H2,1-2H3,(H2,29,30,31). The molecule has 0 saturated carbocycles. The lowest BCUT2D eigenvalue weighted by Crippen LogP contribution is -2.24. The van der Waals surface area contributed by atoms with Crippen LogP contribution in [0, 0.1) is 6.92 Å². The predicted molar refractivity (Wildman–Crippen MR) is 137 cm³/mol. The summed E-state index contributed by atoms with van der Waals surface area (Å²) in [5.74, 6) is 1.08. The number of nitrogens with zero attached hydrogens (tertiary/aromatic N) is 1. The Morgan fingerprint density at radius 1 is 1.09 bits per heavy atom. The molecule has 3 aromatic rings. The average Bonchev–Trinajstić information content (AvgIpc) is 2.77. The number of carbonyl (C=O) groups excluding carboxylic acids is 1. The van der Waals surface area contributed by atoms with Crippen LogP contribution in [-0.2, 0) is 6.61 Å². The second kappa shape index (κ2) is 11.9. The van der Waals surface area contributed by atoms with E-state index in [4.69, 9.17) is 32.7 Å². The van der Waals surface area contributed by atoms with Gasteiger partial charge in [-0.05, 0) is 65.7 Å². The Kier molecular flexibility index (Phi) is 9.00. The van der Waals surface area contributed by atoms with E-state index in [0.29, 0.717) is 43.9 Å². The molecule has 172 valence electrons. The first kappa shape index (κ1) is 24.9. The van der Waals surface area contributed by atoms with Gasteiger partial charge < -0.3 is 14.8 Å². The van der Waals surface area contributed by atoms with Crippen molar-refractivity contribution in [2.24, 2.45) is 5.10 Å². The Morgan fingerprint density at radius 2 is 1.85 bits per heavy atom. The van der Waals surface area contributed by atoms with Crippen LogP contribution in [0.25, 0.3) is 0 Å². The van der Waals surface area contributed by atoms with E-state index in [0.717, 1.165) is 11.1 Å². The Bertz CT molecular complexity index is 1170. The number of benzene rings is 3. The number of aryl methyl sites for hydroxylation is 1. The third-order valence-electron chi connectivity index (χ3n) is 4.52. The molecule has 0 atom stereocenters. The number of halogens is 3. The molecule has 9 heteroatoms. The molecule has 0 radical (unpaired) electrons. The number of para-hydroxylation sites is 1. The largest absolute Gasteiger partial charge is 0.490 e. The molecule has 0 aliphatic heterocycles. The van der Waals surface area contributed by atoms with Crippen molar-refractivity contribution in [3.8, 4) is 11.5 Å². The number of nitrogens with one attached hydrogen (secondary N) is 2. The molecule has 2 amide bonds. The molecule has 0 aliphatic carbocycles. The highest BCUT2D eigenvalue weighted by Crippen LogP contribution is 2.34. The van der Waals surface area contributed by atoms with Crippen LogP contribution < -0.4 is 20.2 Å². The number of amides is 2. The zero-order chi connectivity index (χ0) is 23.8. The van der Waals surface area contributed by atoms with Crippen LogP contribution in [0.3, 0.4) is 0 Å². The number of hydrogen-bond donors (Lipinski definition) is 2. The van der Waals surface area contributed by atoms with Crippen molar-refractivity contribution < 1.29 is 14.3 Å². The molecule has 3 rings (SSSR count). The second-order valence-corrected chi connectivity index (χ2v) is 8.61. The molecular formula is C24H22BrCl2N3O3. The number of hydrazone groups is 1. The molecule has 0 heterocycles. The minimum atomic E-state index is -0.443. The highest BCUT2D eigenvalue weighted by atomic mass is 79.9. The number of carbonyl (C=O) groups is 1. The SMILES string of the molecule is CCOc1cc(C=NNC(=O)Nc2ccccc2C)c(Br)cc1OCc1ccc(Cl)cc1Cl. The van der Waals surface area contributed by atoms with E-state index >= 15 is 0 Å².